The molecule has 0 saturated carbocycles. The average Bonchev–Trinajstić information content (AvgIpc) is 2.55. The lowest BCUT2D eigenvalue weighted by molar-refractivity contribution is -0.127. The van der Waals surface area contributed by atoms with E-state index in [-0.39, 0.29) is 11.7 Å². The SMILES string of the molecule is Cc1cc(C)cc(O[C@H](C)C(=O)NCCSCc2c(F)cccc2Cl)c1. The van der Waals surface area contributed by atoms with E-state index in [9.17, 15) is 9.18 Å². The average molecular weight is 396 g/mol. The molecule has 2 aromatic carbocycles. The van der Waals surface area contributed by atoms with Gasteiger partial charge in [0.05, 0.1) is 0 Å². The van der Waals surface area contributed by atoms with Crippen LogP contribution >= 0.6 is 23.4 Å². The summed E-state index contributed by atoms with van der Waals surface area (Å²) in [4.78, 5) is 12.1. The first kappa shape index (κ1) is 20.6. The lowest BCUT2D eigenvalue weighted by atomic mass is 10.1. The number of halogens is 2. The second-order valence-corrected chi connectivity index (χ2v) is 7.64. The molecule has 0 unspecified atom stereocenters. The van der Waals surface area contributed by atoms with Crippen molar-refractivity contribution in [3.05, 3.63) is 63.9 Å². The van der Waals surface area contributed by atoms with Gasteiger partial charge in [-0.1, -0.05) is 23.7 Å². The molecule has 1 amide bonds. The molecule has 0 fully saturated rings. The van der Waals surface area contributed by atoms with Gasteiger partial charge in [0.2, 0.25) is 0 Å². The molecule has 3 nitrogen and oxygen atoms in total. The van der Waals surface area contributed by atoms with E-state index in [4.69, 9.17) is 16.3 Å². The van der Waals surface area contributed by atoms with Crippen LogP contribution in [-0.4, -0.2) is 24.3 Å². The van der Waals surface area contributed by atoms with Crippen LogP contribution in [0.2, 0.25) is 5.02 Å². The molecule has 0 heterocycles. The van der Waals surface area contributed by atoms with Crippen molar-refractivity contribution >= 4 is 29.3 Å². The van der Waals surface area contributed by atoms with E-state index in [0.717, 1.165) is 11.1 Å². The van der Waals surface area contributed by atoms with E-state index in [1.165, 1.54) is 17.8 Å². The zero-order chi connectivity index (χ0) is 19.1. The Bertz CT molecular complexity index is 729. The lowest BCUT2D eigenvalue weighted by Crippen LogP contribution is -2.37. The van der Waals surface area contributed by atoms with Gasteiger partial charge in [0, 0.05) is 28.6 Å². The summed E-state index contributed by atoms with van der Waals surface area (Å²) in [6.45, 7) is 6.18. The number of carbonyl (C=O) groups excluding carboxylic acids is 1. The highest BCUT2D eigenvalue weighted by Crippen LogP contribution is 2.23. The second kappa shape index (κ2) is 9.83. The minimum absolute atomic E-state index is 0.173. The Morgan fingerprint density at radius 2 is 1.96 bits per heavy atom. The number of hydrogen-bond donors (Lipinski definition) is 1. The van der Waals surface area contributed by atoms with Crippen LogP contribution in [0.15, 0.2) is 36.4 Å². The molecule has 0 radical (unpaired) electrons. The van der Waals surface area contributed by atoms with Gasteiger partial charge in [0.25, 0.3) is 5.91 Å². The van der Waals surface area contributed by atoms with E-state index < -0.39 is 6.10 Å². The van der Waals surface area contributed by atoms with Gasteiger partial charge in [0.15, 0.2) is 6.10 Å². The van der Waals surface area contributed by atoms with E-state index in [2.05, 4.69) is 11.4 Å². The van der Waals surface area contributed by atoms with Crippen LogP contribution in [0, 0.1) is 19.7 Å². The fourth-order valence-electron chi connectivity index (χ4n) is 2.49. The summed E-state index contributed by atoms with van der Waals surface area (Å²) in [5.74, 6) is 1.34. The first-order valence-electron chi connectivity index (χ1n) is 8.40. The number of thioether (sulfide) groups is 1. The number of aryl methyl sites for hydroxylation is 2. The van der Waals surface area contributed by atoms with Gasteiger partial charge >= 0.3 is 0 Å². The van der Waals surface area contributed by atoms with Gasteiger partial charge in [-0.05, 0) is 56.2 Å². The van der Waals surface area contributed by atoms with E-state index in [1.807, 2.05) is 26.0 Å². The Labute approximate surface area is 163 Å². The van der Waals surface area contributed by atoms with Crippen molar-refractivity contribution in [1.29, 1.82) is 0 Å². The van der Waals surface area contributed by atoms with Crippen molar-refractivity contribution in [2.75, 3.05) is 12.3 Å². The number of benzene rings is 2. The zero-order valence-corrected chi connectivity index (χ0v) is 16.7. The molecular weight excluding hydrogens is 373 g/mol. The predicted molar refractivity (Wildman–Crippen MR) is 107 cm³/mol. The van der Waals surface area contributed by atoms with Crippen molar-refractivity contribution in [2.24, 2.45) is 0 Å². The van der Waals surface area contributed by atoms with Crippen molar-refractivity contribution < 1.29 is 13.9 Å². The number of amides is 1. The van der Waals surface area contributed by atoms with Crippen LogP contribution < -0.4 is 10.1 Å². The smallest absolute Gasteiger partial charge is 0.260 e. The molecule has 0 bridgehead atoms. The van der Waals surface area contributed by atoms with Gasteiger partial charge < -0.3 is 10.1 Å². The Morgan fingerprint density at radius 3 is 2.62 bits per heavy atom. The van der Waals surface area contributed by atoms with Crippen molar-refractivity contribution in [3.8, 4) is 5.75 Å². The van der Waals surface area contributed by atoms with E-state index in [0.29, 0.717) is 34.4 Å². The Kier molecular flexibility index (Phi) is 7.79. The quantitative estimate of drug-likeness (QED) is 0.645. The molecule has 0 saturated heterocycles. The molecule has 2 rings (SSSR count). The van der Waals surface area contributed by atoms with Gasteiger partial charge in [-0.25, -0.2) is 4.39 Å². The largest absolute Gasteiger partial charge is 0.481 e. The minimum atomic E-state index is -0.581. The third kappa shape index (κ3) is 6.22. The first-order valence-corrected chi connectivity index (χ1v) is 9.93. The summed E-state index contributed by atoms with van der Waals surface area (Å²) in [5.41, 5.74) is 2.68. The summed E-state index contributed by atoms with van der Waals surface area (Å²) >= 11 is 7.51. The van der Waals surface area contributed by atoms with Crippen LogP contribution in [0.25, 0.3) is 0 Å². The maximum atomic E-state index is 13.7. The number of carbonyl (C=O) groups is 1. The first-order chi connectivity index (χ1) is 12.4. The Morgan fingerprint density at radius 1 is 1.27 bits per heavy atom. The topological polar surface area (TPSA) is 38.3 Å². The van der Waals surface area contributed by atoms with Crippen LogP contribution in [0.5, 0.6) is 5.75 Å². The molecule has 0 aliphatic carbocycles. The molecule has 6 heteroatoms. The van der Waals surface area contributed by atoms with E-state index in [1.54, 1.807) is 19.1 Å². The van der Waals surface area contributed by atoms with Gasteiger partial charge in [-0.15, -0.1) is 0 Å². The fraction of sp³-hybridized carbons (Fsp3) is 0.350. The molecular formula is C20H23ClFNO2S. The maximum absolute atomic E-state index is 13.7. The summed E-state index contributed by atoms with van der Waals surface area (Å²) < 4.78 is 19.4. The number of nitrogens with one attached hydrogen (secondary N) is 1. The zero-order valence-electron chi connectivity index (χ0n) is 15.1. The maximum Gasteiger partial charge on any atom is 0.260 e. The van der Waals surface area contributed by atoms with Crippen LogP contribution in [-0.2, 0) is 10.5 Å². The standard InChI is InChI=1S/C20H23ClFNO2S/c1-13-9-14(2)11-16(10-13)25-15(3)20(24)23-7-8-26-12-17-18(21)5-4-6-19(17)22/h4-6,9-11,15H,7-8,12H2,1-3H3,(H,23,24)/t15-/m1/s1. The molecule has 0 spiro atoms. The van der Waals surface area contributed by atoms with E-state index >= 15 is 0 Å². The number of ether oxygens (including phenoxy) is 1. The van der Waals surface area contributed by atoms with Crippen LogP contribution in [0.4, 0.5) is 4.39 Å². The van der Waals surface area contributed by atoms with Crippen molar-refractivity contribution in [2.45, 2.75) is 32.6 Å². The molecule has 0 aliphatic heterocycles. The van der Waals surface area contributed by atoms with Crippen molar-refractivity contribution in [1.82, 2.24) is 5.32 Å². The molecule has 0 aliphatic rings. The normalized spacial score (nSPS) is 11.9. The van der Waals surface area contributed by atoms with Gasteiger partial charge in [-0.2, -0.15) is 11.8 Å². The molecule has 0 aromatic heterocycles. The monoisotopic (exact) mass is 395 g/mol. The predicted octanol–water partition coefficient (Wildman–Crippen LogP) is 4.91. The molecule has 1 N–H and O–H groups in total. The molecule has 140 valence electrons. The number of hydrogen-bond acceptors (Lipinski definition) is 3. The summed E-state index contributed by atoms with van der Waals surface area (Å²) in [6, 6.07) is 10.5. The summed E-state index contributed by atoms with van der Waals surface area (Å²) in [5, 5.41) is 3.26. The third-order valence-electron chi connectivity index (χ3n) is 3.73. The summed E-state index contributed by atoms with van der Waals surface area (Å²) in [6.07, 6.45) is -0.581. The minimum Gasteiger partial charge on any atom is -0.481 e. The highest BCUT2D eigenvalue weighted by molar-refractivity contribution is 7.98. The Balaban J connectivity index is 1.72. The van der Waals surface area contributed by atoms with Gasteiger partial charge in [0.1, 0.15) is 11.6 Å². The second-order valence-electron chi connectivity index (χ2n) is 6.13. The third-order valence-corrected chi connectivity index (χ3v) is 5.07. The lowest BCUT2D eigenvalue weighted by Gasteiger charge is -2.15. The summed E-state index contributed by atoms with van der Waals surface area (Å²) in [7, 11) is 0. The molecule has 1 atom stereocenters. The van der Waals surface area contributed by atoms with Crippen LogP contribution in [0.1, 0.15) is 23.6 Å². The Hall–Kier alpha value is -1.72. The highest BCUT2D eigenvalue weighted by Gasteiger charge is 2.14. The van der Waals surface area contributed by atoms with Crippen molar-refractivity contribution in [3.63, 3.8) is 0 Å². The van der Waals surface area contributed by atoms with Gasteiger partial charge in [-0.3, -0.25) is 4.79 Å². The number of rotatable bonds is 8. The van der Waals surface area contributed by atoms with Crippen LogP contribution in [0.3, 0.4) is 0 Å². The highest BCUT2D eigenvalue weighted by atomic mass is 35.5. The fourth-order valence-corrected chi connectivity index (χ4v) is 3.69. The molecule has 26 heavy (non-hydrogen) atoms. The molecule has 2 aromatic rings.